The van der Waals surface area contributed by atoms with Gasteiger partial charge >= 0.3 is 6.09 Å². The molecule has 46 heavy (non-hydrogen) atoms. The number of carbonyl (C=O) groups is 2. The Morgan fingerprint density at radius 2 is 1.57 bits per heavy atom. The fourth-order valence-electron chi connectivity index (χ4n) is 4.46. The van der Waals surface area contributed by atoms with Gasteiger partial charge in [0.05, 0.1) is 15.7 Å². The number of hydrogen-bond acceptors (Lipinski definition) is 7. The molecule has 250 valence electrons. The summed E-state index contributed by atoms with van der Waals surface area (Å²) >= 11 is 0. The van der Waals surface area contributed by atoms with Gasteiger partial charge in [-0.05, 0) is 102 Å². The molecule has 0 aliphatic carbocycles. The molecule has 0 fully saturated rings. The van der Waals surface area contributed by atoms with Crippen molar-refractivity contribution in [2.45, 2.75) is 77.0 Å². The van der Waals surface area contributed by atoms with Gasteiger partial charge in [-0.2, -0.15) is 0 Å². The summed E-state index contributed by atoms with van der Waals surface area (Å²) in [5.74, 6) is -0.992. The average molecular weight is 676 g/mol. The van der Waals surface area contributed by atoms with Crippen molar-refractivity contribution in [2.75, 3.05) is 7.05 Å². The number of carbonyl (C=O) groups excluding carboxylic acids is 2. The molecule has 1 heterocycles. The largest absolute Gasteiger partial charge is 0.443 e. The Balaban J connectivity index is 2.28. The molecule has 10 nitrogen and oxygen atoms in total. The zero-order chi connectivity index (χ0) is 34.9. The van der Waals surface area contributed by atoms with Crippen LogP contribution in [0.3, 0.4) is 0 Å². The number of aryl methyl sites for hydroxylation is 1. The van der Waals surface area contributed by atoms with Gasteiger partial charge in [-0.25, -0.2) is 30.8 Å². The second kappa shape index (κ2) is 13.6. The quantitative estimate of drug-likeness (QED) is 0.284. The maximum absolute atomic E-state index is 13.9. The van der Waals surface area contributed by atoms with Crippen LogP contribution in [-0.2, 0) is 32.8 Å². The van der Waals surface area contributed by atoms with Gasteiger partial charge < -0.3 is 9.30 Å². The Hall–Kier alpha value is -3.68. The second-order valence-corrected chi connectivity index (χ2v) is 17.4. The van der Waals surface area contributed by atoms with Gasteiger partial charge in [-0.15, -0.1) is 0 Å². The molecule has 13 heteroatoms. The van der Waals surface area contributed by atoms with Crippen molar-refractivity contribution in [1.82, 2.24) is 13.6 Å². The first-order chi connectivity index (χ1) is 21.0. The van der Waals surface area contributed by atoms with Crippen molar-refractivity contribution in [3.05, 3.63) is 93.2 Å². The number of hydrogen-bond donors (Lipinski definition) is 1. The SMILES string of the molecule is CC(c1ccc(C(=O)c2ccc(F)cc2)c(-c2cn(C)c(=O)cc2[C@H](C)N[S@](=O)C(C)(C)C)c1)S(=O)(=O)N(C)C(=O)OC(C)(C)C. The first-order valence-corrected chi connectivity index (χ1v) is 17.2. The molecule has 0 spiro atoms. The number of ether oxygens (including phenoxy) is 1. The Morgan fingerprint density at radius 1 is 0.978 bits per heavy atom. The molecule has 1 amide bonds. The third-order valence-corrected chi connectivity index (χ3v) is 11.0. The number of halogens is 1. The number of nitrogens with one attached hydrogen (secondary N) is 1. The van der Waals surface area contributed by atoms with Gasteiger partial charge in [0.15, 0.2) is 5.78 Å². The van der Waals surface area contributed by atoms with Gasteiger partial charge in [0.25, 0.3) is 5.56 Å². The van der Waals surface area contributed by atoms with E-state index in [1.807, 2.05) is 0 Å². The lowest BCUT2D eigenvalue weighted by Crippen LogP contribution is -2.39. The molecule has 3 atom stereocenters. The molecule has 0 aliphatic rings. The number of rotatable bonds is 9. The van der Waals surface area contributed by atoms with E-state index in [-0.39, 0.29) is 27.8 Å². The predicted molar refractivity (Wildman–Crippen MR) is 178 cm³/mol. The van der Waals surface area contributed by atoms with Crippen molar-refractivity contribution in [1.29, 1.82) is 0 Å². The molecule has 0 radical (unpaired) electrons. The fraction of sp³-hybridized carbons (Fsp3) is 0.424. The topological polar surface area (TPSA) is 132 Å². The highest BCUT2D eigenvalue weighted by Gasteiger charge is 2.34. The van der Waals surface area contributed by atoms with E-state index in [1.165, 1.54) is 61.1 Å². The minimum atomic E-state index is -4.30. The van der Waals surface area contributed by atoms with Crippen LogP contribution in [0.2, 0.25) is 0 Å². The van der Waals surface area contributed by atoms with E-state index < -0.39 is 60.3 Å². The van der Waals surface area contributed by atoms with Crippen LogP contribution >= 0.6 is 0 Å². The van der Waals surface area contributed by atoms with E-state index in [2.05, 4.69) is 4.72 Å². The van der Waals surface area contributed by atoms with Crippen LogP contribution in [0.15, 0.2) is 59.5 Å². The van der Waals surface area contributed by atoms with Crippen LogP contribution in [0.5, 0.6) is 0 Å². The second-order valence-electron chi connectivity index (χ2n) is 13.1. The Bertz CT molecular complexity index is 1820. The normalized spacial score (nSPS) is 14.3. The lowest BCUT2D eigenvalue weighted by atomic mass is 9.89. The van der Waals surface area contributed by atoms with E-state index >= 15 is 0 Å². The van der Waals surface area contributed by atoms with Crippen LogP contribution in [0, 0.1) is 5.82 Å². The summed E-state index contributed by atoms with van der Waals surface area (Å²) in [6.07, 6.45) is 0.484. The zero-order valence-electron chi connectivity index (χ0n) is 27.8. The highest BCUT2D eigenvalue weighted by Crippen LogP contribution is 2.36. The highest BCUT2D eigenvalue weighted by atomic mass is 32.2. The summed E-state index contributed by atoms with van der Waals surface area (Å²) in [7, 11) is -3.17. The van der Waals surface area contributed by atoms with E-state index in [1.54, 1.807) is 48.5 Å². The van der Waals surface area contributed by atoms with E-state index in [0.717, 1.165) is 19.2 Å². The van der Waals surface area contributed by atoms with E-state index in [9.17, 15) is 31.4 Å². The molecule has 0 saturated carbocycles. The minimum absolute atomic E-state index is 0.157. The molecule has 0 aliphatic heterocycles. The molecular formula is C33H42FN3O7S2. The summed E-state index contributed by atoms with van der Waals surface area (Å²) in [5, 5.41) is -1.27. The summed E-state index contributed by atoms with van der Waals surface area (Å²) in [5.41, 5.74) is 0.427. The maximum atomic E-state index is 13.9. The maximum Gasteiger partial charge on any atom is 0.423 e. The average Bonchev–Trinajstić information content (AvgIpc) is 2.95. The van der Waals surface area contributed by atoms with Crippen LogP contribution in [-0.4, -0.2) is 50.8 Å². The number of pyridine rings is 1. The van der Waals surface area contributed by atoms with Gasteiger partial charge in [0.2, 0.25) is 10.0 Å². The summed E-state index contributed by atoms with van der Waals surface area (Å²) in [4.78, 5) is 39.4. The first kappa shape index (κ1) is 36.8. The summed E-state index contributed by atoms with van der Waals surface area (Å²) in [6, 6.07) is 10.2. The number of amides is 1. The molecule has 3 aromatic rings. The molecule has 3 rings (SSSR count). The summed E-state index contributed by atoms with van der Waals surface area (Å²) in [6.45, 7) is 13.4. The van der Waals surface area contributed by atoms with E-state index in [0.29, 0.717) is 15.4 Å². The number of nitrogens with zero attached hydrogens (tertiary/aromatic N) is 2. The molecular weight excluding hydrogens is 634 g/mol. The van der Waals surface area contributed by atoms with Crippen LogP contribution in [0.25, 0.3) is 11.1 Å². The number of sulfonamides is 1. The number of benzene rings is 2. The fourth-order valence-corrected chi connectivity index (χ4v) is 6.47. The van der Waals surface area contributed by atoms with Gasteiger partial charge in [-0.1, -0.05) is 12.1 Å². The van der Waals surface area contributed by atoms with E-state index in [4.69, 9.17) is 4.74 Å². The lowest BCUT2D eigenvalue weighted by Gasteiger charge is -2.27. The lowest BCUT2D eigenvalue weighted by molar-refractivity contribution is 0.0419. The number of aromatic nitrogens is 1. The van der Waals surface area contributed by atoms with Crippen molar-refractivity contribution in [3.8, 4) is 11.1 Å². The molecule has 2 aromatic carbocycles. The first-order valence-electron chi connectivity index (χ1n) is 14.6. The van der Waals surface area contributed by atoms with Crippen molar-refractivity contribution >= 4 is 32.9 Å². The van der Waals surface area contributed by atoms with Crippen LogP contribution in [0.1, 0.15) is 93.7 Å². The third-order valence-electron chi connectivity index (χ3n) is 7.20. The highest BCUT2D eigenvalue weighted by molar-refractivity contribution is 7.89. The van der Waals surface area contributed by atoms with Gasteiger partial charge in [-0.3, -0.25) is 9.59 Å². The molecule has 1 aromatic heterocycles. The molecule has 1 unspecified atom stereocenters. The third kappa shape index (κ3) is 8.37. The smallest absolute Gasteiger partial charge is 0.423 e. The van der Waals surface area contributed by atoms with Crippen molar-refractivity contribution in [3.63, 3.8) is 0 Å². The Labute approximate surface area is 272 Å². The van der Waals surface area contributed by atoms with Crippen LogP contribution < -0.4 is 10.3 Å². The van der Waals surface area contributed by atoms with Gasteiger partial charge in [0.1, 0.15) is 16.7 Å². The Morgan fingerprint density at radius 3 is 2.11 bits per heavy atom. The Kier molecular flexibility index (Phi) is 10.9. The van der Waals surface area contributed by atoms with Crippen molar-refractivity contribution < 1.29 is 31.3 Å². The number of ketones is 1. The van der Waals surface area contributed by atoms with Crippen LogP contribution in [0.4, 0.5) is 9.18 Å². The molecule has 0 saturated heterocycles. The molecule has 0 bridgehead atoms. The predicted octanol–water partition coefficient (Wildman–Crippen LogP) is 5.79. The minimum Gasteiger partial charge on any atom is -0.443 e. The van der Waals surface area contributed by atoms with Crippen molar-refractivity contribution in [2.24, 2.45) is 7.05 Å². The summed E-state index contributed by atoms with van der Waals surface area (Å²) < 4.78 is 63.5. The molecule has 1 N–H and O–H groups in total. The zero-order valence-corrected chi connectivity index (χ0v) is 29.4. The monoisotopic (exact) mass is 675 g/mol. The standard InChI is InChI=1S/C33H42FN3O7S2/c1-20(35-45(41)33(6,7)8)26-18-29(38)36(9)19-28(26)27-17-23(13-16-25(27)30(39)22-11-14-24(34)15-12-22)21(2)46(42,43)37(10)31(40)44-32(3,4)5/h11-21,35H,1-10H3/t20-,21?,45+/m0/s1. The van der Waals surface area contributed by atoms with Gasteiger partial charge in [0, 0.05) is 49.1 Å².